The molecule has 0 spiro atoms. The van der Waals surface area contributed by atoms with Crippen LogP contribution >= 0.6 is 15.9 Å². The molecule has 0 fully saturated rings. The molecule has 17 heavy (non-hydrogen) atoms. The molecule has 0 aliphatic rings. The molecule has 0 atom stereocenters. The van der Waals surface area contributed by atoms with Crippen molar-refractivity contribution in [2.24, 2.45) is 0 Å². The maximum atomic E-state index is 5.72. The van der Waals surface area contributed by atoms with Crippen LogP contribution in [0.25, 0.3) is 0 Å². The van der Waals surface area contributed by atoms with E-state index in [9.17, 15) is 0 Å². The summed E-state index contributed by atoms with van der Waals surface area (Å²) in [5.74, 6) is 0.878. The van der Waals surface area contributed by atoms with Gasteiger partial charge in [-0.05, 0) is 52.7 Å². The van der Waals surface area contributed by atoms with E-state index in [0.29, 0.717) is 6.61 Å². The number of ether oxygens (including phenoxy) is 1. The second-order valence-corrected chi connectivity index (χ2v) is 4.81. The van der Waals surface area contributed by atoms with Crippen LogP contribution in [0.15, 0.2) is 46.9 Å². The average Bonchev–Trinajstić information content (AvgIpc) is 2.33. The van der Waals surface area contributed by atoms with Gasteiger partial charge in [0.15, 0.2) is 0 Å². The van der Waals surface area contributed by atoms with E-state index in [1.807, 2.05) is 42.5 Å². The third kappa shape index (κ3) is 3.24. The van der Waals surface area contributed by atoms with Crippen LogP contribution in [0.1, 0.15) is 11.1 Å². The number of anilines is 1. The Bertz CT molecular complexity index is 508. The van der Waals surface area contributed by atoms with E-state index < -0.39 is 0 Å². The molecule has 0 radical (unpaired) electrons. The van der Waals surface area contributed by atoms with Gasteiger partial charge in [-0.2, -0.15) is 0 Å². The van der Waals surface area contributed by atoms with E-state index in [2.05, 4.69) is 22.9 Å². The Kier molecular flexibility index (Phi) is 3.69. The van der Waals surface area contributed by atoms with Crippen molar-refractivity contribution in [3.05, 3.63) is 58.1 Å². The molecule has 2 rings (SSSR count). The van der Waals surface area contributed by atoms with Crippen molar-refractivity contribution in [1.29, 1.82) is 0 Å². The second kappa shape index (κ2) is 5.23. The minimum atomic E-state index is 0.544. The lowest BCUT2D eigenvalue weighted by molar-refractivity contribution is 0.306. The molecule has 0 aromatic heterocycles. The molecular formula is C14H14BrNO. The molecule has 0 amide bonds. The lowest BCUT2D eigenvalue weighted by atomic mass is 10.2. The highest BCUT2D eigenvalue weighted by atomic mass is 79.9. The van der Waals surface area contributed by atoms with Crippen LogP contribution in [0.3, 0.4) is 0 Å². The van der Waals surface area contributed by atoms with Gasteiger partial charge in [0.25, 0.3) is 0 Å². The second-order valence-electron chi connectivity index (χ2n) is 3.96. The summed E-state index contributed by atoms with van der Waals surface area (Å²) in [6.45, 7) is 2.60. The van der Waals surface area contributed by atoms with Crippen LogP contribution in [-0.2, 0) is 6.61 Å². The normalized spacial score (nSPS) is 10.2. The highest BCUT2D eigenvalue weighted by Crippen LogP contribution is 2.21. The van der Waals surface area contributed by atoms with Gasteiger partial charge in [0.2, 0.25) is 0 Å². The first kappa shape index (κ1) is 12.0. The Morgan fingerprint density at radius 1 is 1.12 bits per heavy atom. The van der Waals surface area contributed by atoms with Crippen LogP contribution in [0.2, 0.25) is 0 Å². The minimum absolute atomic E-state index is 0.544. The number of aryl methyl sites for hydroxylation is 1. The predicted molar refractivity (Wildman–Crippen MR) is 74.1 cm³/mol. The fourth-order valence-corrected chi connectivity index (χ4v) is 1.89. The van der Waals surface area contributed by atoms with Gasteiger partial charge >= 0.3 is 0 Å². The monoisotopic (exact) mass is 291 g/mol. The van der Waals surface area contributed by atoms with Crippen molar-refractivity contribution in [3.8, 4) is 5.75 Å². The fraction of sp³-hybridized carbons (Fsp3) is 0.143. The molecule has 0 unspecified atom stereocenters. The third-order valence-electron chi connectivity index (χ3n) is 2.49. The van der Waals surface area contributed by atoms with Crippen LogP contribution in [0.5, 0.6) is 5.75 Å². The zero-order valence-corrected chi connectivity index (χ0v) is 11.2. The fourth-order valence-electron chi connectivity index (χ4n) is 1.46. The standard InChI is InChI=1S/C14H14BrNO/c1-10-2-5-12(6-3-10)17-9-11-4-7-14(16)13(15)8-11/h2-8H,9,16H2,1H3. The zero-order chi connectivity index (χ0) is 12.3. The molecule has 0 saturated carbocycles. The number of hydrogen-bond donors (Lipinski definition) is 1. The van der Waals surface area contributed by atoms with E-state index in [1.54, 1.807) is 0 Å². The minimum Gasteiger partial charge on any atom is -0.489 e. The van der Waals surface area contributed by atoms with Crippen molar-refractivity contribution in [2.45, 2.75) is 13.5 Å². The molecule has 0 heterocycles. The Hall–Kier alpha value is -1.48. The molecule has 0 saturated heterocycles. The van der Waals surface area contributed by atoms with Crippen LogP contribution < -0.4 is 10.5 Å². The summed E-state index contributed by atoms with van der Waals surface area (Å²) >= 11 is 3.40. The number of nitrogen functional groups attached to an aromatic ring is 1. The Balaban J connectivity index is 2.02. The number of nitrogens with two attached hydrogens (primary N) is 1. The van der Waals surface area contributed by atoms with E-state index in [-0.39, 0.29) is 0 Å². The molecular weight excluding hydrogens is 278 g/mol. The van der Waals surface area contributed by atoms with Crippen molar-refractivity contribution < 1.29 is 4.74 Å². The molecule has 2 nitrogen and oxygen atoms in total. The lowest BCUT2D eigenvalue weighted by Crippen LogP contribution is -1.96. The van der Waals surface area contributed by atoms with E-state index in [0.717, 1.165) is 21.5 Å². The summed E-state index contributed by atoms with van der Waals surface area (Å²) in [5, 5.41) is 0. The Labute approximate surface area is 110 Å². The van der Waals surface area contributed by atoms with Crippen LogP contribution in [0.4, 0.5) is 5.69 Å². The SMILES string of the molecule is Cc1ccc(OCc2ccc(N)c(Br)c2)cc1. The van der Waals surface area contributed by atoms with Gasteiger partial charge in [0.1, 0.15) is 12.4 Å². The molecule has 3 heteroatoms. The number of rotatable bonds is 3. The lowest BCUT2D eigenvalue weighted by Gasteiger charge is -2.07. The third-order valence-corrected chi connectivity index (χ3v) is 3.18. The molecule has 2 N–H and O–H groups in total. The van der Waals surface area contributed by atoms with E-state index >= 15 is 0 Å². The predicted octanol–water partition coefficient (Wildman–Crippen LogP) is 3.92. The first-order chi connectivity index (χ1) is 8.15. The number of hydrogen-bond acceptors (Lipinski definition) is 2. The van der Waals surface area contributed by atoms with Crippen molar-refractivity contribution in [1.82, 2.24) is 0 Å². The Morgan fingerprint density at radius 3 is 2.47 bits per heavy atom. The molecule has 0 bridgehead atoms. The number of benzene rings is 2. The molecule has 0 aliphatic carbocycles. The molecule has 2 aromatic carbocycles. The molecule has 88 valence electrons. The highest BCUT2D eigenvalue weighted by molar-refractivity contribution is 9.10. The van der Waals surface area contributed by atoms with Crippen LogP contribution in [-0.4, -0.2) is 0 Å². The average molecular weight is 292 g/mol. The summed E-state index contributed by atoms with van der Waals surface area (Å²) in [5.41, 5.74) is 8.78. The Morgan fingerprint density at radius 2 is 1.82 bits per heavy atom. The van der Waals surface area contributed by atoms with Crippen molar-refractivity contribution in [2.75, 3.05) is 5.73 Å². The summed E-state index contributed by atoms with van der Waals surface area (Å²) in [4.78, 5) is 0. The van der Waals surface area contributed by atoms with Gasteiger partial charge in [-0.1, -0.05) is 23.8 Å². The van der Waals surface area contributed by atoms with E-state index in [4.69, 9.17) is 10.5 Å². The summed E-state index contributed by atoms with van der Waals surface area (Å²) < 4.78 is 6.59. The quantitative estimate of drug-likeness (QED) is 0.870. The van der Waals surface area contributed by atoms with Crippen molar-refractivity contribution in [3.63, 3.8) is 0 Å². The van der Waals surface area contributed by atoms with Gasteiger partial charge in [0, 0.05) is 10.2 Å². The maximum absolute atomic E-state index is 5.72. The van der Waals surface area contributed by atoms with Gasteiger partial charge in [-0.25, -0.2) is 0 Å². The van der Waals surface area contributed by atoms with E-state index in [1.165, 1.54) is 5.56 Å². The summed E-state index contributed by atoms with van der Waals surface area (Å²) in [7, 11) is 0. The zero-order valence-electron chi connectivity index (χ0n) is 9.61. The number of halogens is 1. The van der Waals surface area contributed by atoms with Gasteiger partial charge < -0.3 is 10.5 Å². The highest BCUT2D eigenvalue weighted by Gasteiger charge is 1.99. The largest absolute Gasteiger partial charge is 0.489 e. The van der Waals surface area contributed by atoms with Gasteiger partial charge in [-0.3, -0.25) is 0 Å². The first-order valence-electron chi connectivity index (χ1n) is 5.38. The molecule has 2 aromatic rings. The summed E-state index contributed by atoms with van der Waals surface area (Å²) in [6, 6.07) is 13.8. The smallest absolute Gasteiger partial charge is 0.119 e. The summed E-state index contributed by atoms with van der Waals surface area (Å²) in [6.07, 6.45) is 0. The topological polar surface area (TPSA) is 35.2 Å². The van der Waals surface area contributed by atoms with Crippen LogP contribution in [0, 0.1) is 6.92 Å². The van der Waals surface area contributed by atoms with Gasteiger partial charge in [0.05, 0.1) is 0 Å². The van der Waals surface area contributed by atoms with Crippen molar-refractivity contribution >= 4 is 21.6 Å². The van der Waals surface area contributed by atoms with Gasteiger partial charge in [-0.15, -0.1) is 0 Å². The molecule has 0 aliphatic heterocycles. The maximum Gasteiger partial charge on any atom is 0.119 e. The first-order valence-corrected chi connectivity index (χ1v) is 6.18.